The highest BCUT2D eigenvalue weighted by Gasteiger charge is 2.05. The molecule has 0 saturated carbocycles. The number of nitrogens with zero attached hydrogens (tertiary/aromatic N) is 2. The molecule has 80 valence electrons. The fourth-order valence-corrected chi connectivity index (χ4v) is 1.10. The van der Waals surface area contributed by atoms with Gasteiger partial charge in [0.2, 0.25) is 5.56 Å². The van der Waals surface area contributed by atoms with Crippen LogP contribution in [0.3, 0.4) is 0 Å². The topological polar surface area (TPSA) is 87.7 Å². The molecule has 0 atom stereocenters. The van der Waals surface area contributed by atoms with Crippen molar-refractivity contribution in [2.45, 2.75) is 0 Å². The number of pyridine rings is 1. The molecule has 6 heteroatoms. The number of carbonyl (C=O) groups is 1. The van der Waals surface area contributed by atoms with Gasteiger partial charge in [0.25, 0.3) is 5.91 Å². The summed E-state index contributed by atoms with van der Waals surface area (Å²) in [5, 5.41) is 2.54. The van der Waals surface area contributed by atoms with Crippen LogP contribution in [0.5, 0.6) is 0 Å². The van der Waals surface area contributed by atoms with Gasteiger partial charge in [-0.15, -0.1) is 0 Å². The normalized spacial score (nSPS) is 9.75. The first-order valence-electron chi connectivity index (χ1n) is 4.52. The number of aromatic amines is 1. The number of rotatable bonds is 2. The van der Waals surface area contributed by atoms with Gasteiger partial charge in [-0.25, -0.2) is 4.98 Å². The minimum absolute atomic E-state index is 0.254. The molecule has 2 rings (SSSR count). The predicted octanol–water partition coefficient (Wildman–Crippen LogP) is 0.417. The van der Waals surface area contributed by atoms with E-state index in [4.69, 9.17) is 0 Å². The van der Waals surface area contributed by atoms with Crippen LogP contribution in [0.15, 0.2) is 41.7 Å². The van der Waals surface area contributed by atoms with Crippen LogP contribution < -0.4 is 10.9 Å². The van der Waals surface area contributed by atoms with E-state index >= 15 is 0 Å². The summed E-state index contributed by atoms with van der Waals surface area (Å²) in [5.41, 5.74) is 0.0984. The Hall–Kier alpha value is -2.50. The second-order valence-electron chi connectivity index (χ2n) is 2.99. The van der Waals surface area contributed by atoms with Crippen molar-refractivity contribution in [3.8, 4) is 0 Å². The van der Waals surface area contributed by atoms with Crippen LogP contribution in [-0.2, 0) is 0 Å². The van der Waals surface area contributed by atoms with E-state index in [9.17, 15) is 9.59 Å². The second-order valence-corrected chi connectivity index (χ2v) is 2.99. The molecule has 2 N–H and O–H groups in total. The molecule has 0 aliphatic heterocycles. The molecule has 0 aliphatic carbocycles. The van der Waals surface area contributed by atoms with Gasteiger partial charge in [0.1, 0.15) is 0 Å². The van der Waals surface area contributed by atoms with Gasteiger partial charge in [-0.2, -0.15) is 0 Å². The smallest absolute Gasteiger partial charge is 0.258 e. The first kappa shape index (κ1) is 10.0. The highest BCUT2D eigenvalue weighted by Crippen LogP contribution is 2.01. The Kier molecular flexibility index (Phi) is 2.73. The van der Waals surface area contributed by atoms with Crippen LogP contribution in [0.2, 0.25) is 0 Å². The highest BCUT2D eigenvalue weighted by atomic mass is 16.2. The van der Waals surface area contributed by atoms with E-state index in [-0.39, 0.29) is 11.5 Å². The van der Waals surface area contributed by atoms with Crippen LogP contribution in [0.4, 0.5) is 5.82 Å². The van der Waals surface area contributed by atoms with E-state index in [2.05, 4.69) is 20.3 Å². The number of amides is 1. The number of H-pyrrole nitrogens is 1. The first-order valence-corrected chi connectivity index (χ1v) is 4.52. The van der Waals surface area contributed by atoms with Gasteiger partial charge in [0.05, 0.1) is 11.8 Å². The molecule has 0 saturated heterocycles. The maximum atomic E-state index is 11.6. The monoisotopic (exact) mass is 216 g/mol. The van der Waals surface area contributed by atoms with E-state index in [0.29, 0.717) is 11.4 Å². The molecule has 0 bridgehead atoms. The summed E-state index contributed by atoms with van der Waals surface area (Å²) in [7, 11) is 0. The Bertz CT molecular complexity index is 530. The van der Waals surface area contributed by atoms with Gasteiger partial charge in [0.15, 0.2) is 5.82 Å². The highest BCUT2D eigenvalue weighted by molar-refractivity contribution is 6.03. The molecule has 2 aromatic rings. The summed E-state index contributed by atoms with van der Waals surface area (Å²) in [6, 6.07) is 2.72. The average molecular weight is 216 g/mol. The quantitative estimate of drug-likeness (QED) is 0.761. The molecule has 0 radical (unpaired) electrons. The summed E-state index contributed by atoms with van der Waals surface area (Å²) < 4.78 is 0. The zero-order valence-corrected chi connectivity index (χ0v) is 8.18. The Morgan fingerprint density at radius 2 is 2.19 bits per heavy atom. The molecule has 2 aromatic heterocycles. The number of anilines is 1. The average Bonchev–Trinajstić information content (AvgIpc) is 2.31. The van der Waals surface area contributed by atoms with E-state index in [0.717, 1.165) is 0 Å². The SMILES string of the molecule is O=C(Nc1cnccn1)c1ccc(=O)[nH]c1. The molecular weight excluding hydrogens is 208 g/mol. The Morgan fingerprint density at radius 1 is 1.31 bits per heavy atom. The van der Waals surface area contributed by atoms with Crippen molar-refractivity contribution in [2.75, 3.05) is 5.32 Å². The minimum atomic E-state index is -0.350. The number of carbonyl (C=O) groups excluding carboxylic acids is 1. The molecule has 0 aliphatic rings. The van der Waals surface area contributed by atoms with Crippen molar-refractivity contribution in [3.05, 3.63) is 52.8 Å². The maximum absolute atomic E-state index is 11.6. The third-order valence-corrected chi connectivity index (χ3v) is 1.85. The van der Waals surface area contributed by atoms with E-state index in [1.54, 1.807) is 0 Å². The zero-order chi connectivity index (χ0) is 11.4. The Labute approximate surface area is 90.4 Å². The van der Waals surface area contributed by atoms with Crippen molar-refractivity contribution >= 4 is 11.7 Å². The van der Waals surface area contributed by atoms with Crippen LogP contribution in [0, 0.1) is 0 Å². The predicted molar refractivity (Wildman–Crippen MR) is 57.0 cm³/mol. The molecule has 16 heavy (non-hydrogen) atoms. The fraction of sp³-hybridized carbons (Fsp3) is 0. The lowest BCUT2D eigenvalue weighted by Gasteiger charge is -2.02. The lowest BCUT2D eigenvalue weighted by Crippen LogP contribution is -2.15. The van der Waals surface area contributed by atoms with E-state index < -0.39 is 0 Å². The van der Waals surface area contributed by atoms with Crippen LogP contribution in [-0.4, -0.2) is 20.9 Å². The van der Waals surface area contributed by atoms with E-state index in [1.807, 2.05) is 0 Å². The molecule has 0 unspecified atom stereocenters. The van der Waals surface area contributed by atoms with Crippen molar-refractivity contribution in [2.24, 2.45) is 0 Å². The van der Waals surface area contributed by atoms with Gasteiger partial charge in [0, 0.05) is 24.7 Å². The number of hydrogen-bond acceptors (Lipinski definition) is 4. The van der Waals surface area contributed by atoms with Crippen LogP contribution in [0.25, 0.3) is 0 Å². The van der Waals surface area contributed by atoms with Gasteiger partial charge >= 0.3 is 0 Å². The van der Waals surface area contributed by atoms with Crippen molar-refractivity contribution in [3.63, 3.8) is 0 Å². The molecule has 6 nitrogen and oxygen atoms in total. The standard InChI is InChI=1S/C10H8N4O2/c15-9-2-1-7(5-13-9)10(16)14-8-6-11-3-4-12-8/h1-6H,(H,13,15)(H,12,14,16). The third-order valence-electron chi connectivity index (χ3n) is 1.85. The molecule has 0 aromatic carbocycles. The van der Waals surface area contributed by atoms with Gasteiger partial charge in [-0.1, -0.05) is 0 Å². The van der Waals surface area contributed by atoms with Crippen LogP contribution >= 0.6 is 0 Å². The summed E-state index contributed by atoms with van der Waals surface area (Å²) in [5.74, 6) is 0.00968. The molecule has 1 amide bonds. The summed E-state index contributed by atoms with van der Waals surface area (Å²) in [6.45, 7) is 0. The van der Waals surface area contributed by atoms with Crippen molar-refractivity contribution in [1.82, 2.24) is 15.0 Å². The van der Waals surface area contributed by atoms with Gasteiger partial charge in [-0.05, 0) is 6.07 Å². The van der Waals surface area contributed by atoms with Gasteiger partial charge in [-0.3, -0.25) is 14.6 Å². The summed E-state index contributed by atoms with van der Waals surface area (Å²) >= 11 is 0. The largest absolute Gasteiger partial charge is 0.328 e. The third kappa shape index (κ3) is 2.30. The Morgan fingerprint density at radius 3 is 2.81 bits per heavy atom. The summed E-state index contributed by atoms with van der Waals surface area (Å²) in [4.78, 5) is 32.5. The molecule has 0 fully saturated rings. The van der Waals surface area contributed by atoms with Crippen molar-refractivity contribution in [1.29, 1.82) is 0 Å². The van der Waals surface area contributed by atoms with E-state index in [1.165, 1.54) is 36.9 Å². The summed E-state index contributed by atoms with van der Waals surface area (Å²) in [6.07, 6.45) is 5.76. The number of hydrogen-bond donors (Lipinski definition) is 2. The first-order chi connectivity index (χ1) is 7.75. The zero-order valence-electron chi connectivity index (χ0n) is 8.18. The van der Waals surface area contributed by atoms with Crippen LogP contribution in [0.1, 0.15) is 10.4 Å². The molecular formula is C10H8N4O2. The number of nitrogens with one attached hydrogen (secondary N) is 2. The molecule has 0 spiro atoms. The Balaban J connectivity index is 2.15. The lowest BCUT2D eigenvalue weighted by atomic mass is 10.3. The minimum Gasteiger partial charge on any atom is -0.328 e. The lowest BCUT2D eigenvalue weighted by molar-refractivity contribution is 0.102. The molecule has 2 heterocycles. The fourth-order valence-electron chi connectivity index (χ4n) is 1.10. The second kappa shape index (κ2) is 4.35. The number of aromatic nitrogens is 3. The van der Waals surface area contributed by atoms with Gasteiger partial charge < -0.3 is 10.3 Å². The van der Waals surface area contributed by atoms with Crippen molar-refractivity contribution < 1.29 is 4.79 Å². The maximum Gasteiger partial charge on any atom is 0.258 e.